The van der Waals surface area contributed by atoms with Gasteiger partial charge in [-0.15, -0.1) is 0 Å². The van der Waals surface area contributed by atoms with Crippen molar-refractivity contribution in [2.24, 2.45) is 5.41 Å². The van der Waals surface area contributed by atoms with Crippen LogP contribution in [0.3, 0.4) is 0 Å². The van der Waals surface area contributed by atoms with Gasteiger partial charge in [-0.25, -0.2) is 0 Å². The van der Waals surface area contributed by atoms with Crippen LogP contribution in [0.2, 0.25) is 0 Å². The molecule has 0 aromatic heterocycles. The lowest BCUT2D eigenvalue weighted by atomic mass is 9.70. The predicted molar refractivity (Wildman–Crippen MR) is 84.4 cm³/mol. The molecule has 0 radical (unpaired) electrons. The molecular weight excluding hydrogens is 264 g/mol. The van der Waals surface area contributed by atoms with Crippen LogP contribution in [-0.4, -0.2) is 15.3 Å². The molecule has 0 saturated heterocycles. The number of hydrogen-bond acceptors (Lipinski definition) is 3. The monoisotopic (exact) mass is 286 g/mol. The molecule has 1 aliphatic rings. The summed E-state index contributed by atoms with van der Waals surface area (Å²) >= 11 is 0. The zero-order chi connectivity index (χ0) is 15.7. The second-order valence-corrected chi connectivity index (χ2v) is 6.57. The zero-order valence-electron chi connectivity index (χ0n) is 12.7. The first-order valence-corrected chi connectivity index (χ1v) is 7.02. The molecule has 112 valence electrons. The van der Waals surface area contributed by atoms with Crippen molar-refractivity contribution in [3.8, 4) is 5.75 Å². The summed E-state index contributed by atoms with van der Waals surface area (Å²) in [6.45, 7) is 6.26. The highest BCUT2D eigenvalue weighted by molar-refractivity contribution is 5.38. The first-order valence-electron chi connectivity index (χ1n) is 7.02. The van der Waals surface area contributed by atoms with E-state index in [1.165, 1.54) is 6.08 Å². The highest BCUT2D eigenvalue weighted by atomic mass is 16.3. The predicted octanol–water partition coefficient (Wildman–Crippen LogP) is 4.52. The molecule has 0 heterocycles. The van der Waals surface area contributed by atoms with E-state index in [4.69, 9.17) is 0 Å². The summed E-state index contributed by atoms with van der Waals surface area (Å²) in [5.41, 5.74) is 0.572. The number of allylic oxidation sites excluding steroid dienone is 4. The Balaban J connectivity index is 2.53. The summed E-state index contributed by atoms with van der Waals surface area (Å²) in [7, 11) is 0. The van der Waals surface area contributed by atoms with Gasteiger partial charge in [0.15, 0.2) is 11.5 Å². The van der Waals surface area contributed by atoms with Crippen LogP contribution in [0, 0.1) is 5.41 Å². The standard InChI is InChI=1S/C18H22O3/c1-17(2)10-8-15(20)16(21)9-11-18(3,12-17)13-4-6-14(19)7-5-13/h4-11,19-21H,12H2,1-3H3/b10-8+,11-9+,16-15-. The van der Waals surface area contributed by atoms with Gasteiger partial charge in [0.05, 0.1) is 0 Å². The van der Waals surface area contributed by atoms with Gasteiger partial charge in [-0.1, -0.05) is 45.1 Å². The van der Waals surface area contributed by atoms with E-state index in [0.717, 1.165) is 12.0 Å². The number of aliphatic hydroxyl groups excluding tert-OH is 2. The van der Waals surface area contributed by atoms with Gasteiger partial charge in [-0.3, -0.25) is 0 Å². The summed E-state index contributed by atoms with van der Waals surface area (Å²) in [6, 6.07) is 7.10. The molecule has 1 atom stereocenters. The first kappa shape index (κ1) is 15.2. The van der Waals surface area contributed by atoms with Crippen molar-refractivity contribution in [2.75, 3.05) is 0 Å². The van der Waals surface area contributed by atoms with E-state index < -0.39 is 0 Å². The molecule has 0 saturated carbocycles. The third-order valence-electron chi connectivity index (χ3n) is 3.91. The summed E-state index contributed by atoms with van der Waals surface area (Å²) < 4.78 is 0. The summed E-state index contributed by atoms with van der Waals surface area (Å²) in [5.74, 6) is -0.0443. The molecule has 3 nitrogen and oxygen atoms in total. The number of phenols is 1. The SMILES string of the molecule is CC1(C)/C=C/C(O)=C(O)\C=C\C(C)(c2ccc(O)cc2)C1. The van der Waals surface area contributed by atoms with Crippen molar-refractivity contribution in [1.29, 1.82) is 0 Å². The summed E-state index contributed by atoms with van der Waals surface area (Å²) in [5, 5.41) is 29.1. The lowest BCUT2D eigenvalue weighted by Crippen LogP contribution is -2.26. The van der Waals surface area contributed by atoms with E-state index in [1.54, 1.807) is 18.2 Å². The van der Waals surface area contributed by atoms with Crippen LogP contribution >= 0.6 is 0 Å². The van der Waals surface area contributed by atoms with E-state index in [1.807, 2.05) is 24.3 Å². The van der Waals surface area contributed by atoms with Crippen molar-refractivity contribution in [3.63, 3.8) is 0 Å². The molecule has 0 amide bonds. The van der Waals surface area contributed by atoms with Crippen LogP contribution < -0.4 is 0 Å². The molecule has 0 fully saturated rings. The zero-order valence-corrected chi connectivity index (χ0v) is 12.7. The van der Waals surface area contributed by atoms with E-state index in [0.29, 0.717) is 0 Å². The molecule has 1 aromatic rings. The highest BCUT2D eigenvalue weighted by Crippen LogP contribution is 2.40. The van der Waals surface area contributed by atoms with Crippen molar-refractivity contribution in [3.05, 3.63) is 65.7 Å². The van der Waals surface area contributed by atoms with Crippen molar-refractivity contribution >= 4 is 0 Å². The maximum absolute atomic E-state index is 9.85. The second-order valence-electron chi connectivity index (χ2n) is 6.57. The fourth-order valence-electron chi connectivity index (χ4n) is 2.84. The molecule has 0 bridgehead atoms. The van der Waals surface area contributed by atoms with Crippen LogP contribution in [0.25, 0.3) is 0 Å². The van der Waals surface area contributed by atoms with Crippen LogP contribution in [0.1, 0.15) is 32.8 Å². The smallest absolute Gasteiger partial charge is 0.157 e. The minimum atomic E-state index is -0.319. The number of aliphatic hydroxyl groups is 2. The first-order chi connectivity index (χ1) is 9.72. The third kappa shape index (κ3) is 3.48. The van der Waals surface area contributed by atoms with Crippen molar-refractivity contribution in [2.45, 2.75) is 32.6 Å². The van der Waals surface area contributed by atoms with E-state index in [-0.39, 0.29) is 28.1 Å². The van der Waals surface area contributed by atoms with Gasteiger partial charge in [-0.2, -0.15) is 0 Å². The summed E-state index contributed by atoms with van der Waals surface area (Å²) in [6.07, 6.45) is 7.69. The Bertz CT molecular complexity index is 606. The molecule has 0 aliphatic heterocycles. The summed E-state index contributed by atoms with van der Waals surface area (Å²) in [4.78, 5) is 0. The lowest BCUT2D eigenvalue weighted by molar-refractivity contribution is 0.345. The molecule has 1 aromatic carbocycles. The Morgan fingerprint density at radius 3 is 1.90 bits per heavy atom. The normalized spacial score (nSPS) is 31.8. The Morgan fingerprint density at radius 1 is 0.810 bits per heavy atom. The fourth-order valence-corrected chi connectivity index (χ4v) is 2.84. The molecule has 3 N–H and O–H groups in total. The van der Waals surface area contributed by atoms with Crippen LogP contribution in [0.15, 0.2) is 60.1 Å². The maximum Gasteiger partial charge on any atom is 0.157 e. The third-order valence-corrected chi connectivity index (χ3v) is 3.91. The largest absolute Gasteiger partial charge is 0.508 e. The number of benzene rings is 1. The second kappa shape index (κ2) is 5.32. The molecular formula is C18H22O3. The van der Waals surface area contributed by atoms with Crippen molar-refractivity contribution < 1.29 is 15.3 Å². The minimum Gasteiger partial charge on any atom is -0.508 e. The highest BCUT2D eigenvalue weighted by Gasteiger charge is 2.31. The molecule has 3 heteroatoms. The Hall–Kier alpha value is -2.16. The van der Waals surface area contributed by atoms with Gasteiger partial charge in [0.2, 0.25) is 0 Å². The minimum absolute atomic E-state index is 0.130. The fraction of sp³-hybridized carbons (Fsp3) is 0.333. The Labute approximate surface area is 125 Å². The number of rotatable bonds is 1. The topological polar surface area (TPSA) is 60.7 Å². The average molecular weight is 286 g/mol. The van der Waals surface area contributed by atoms with E-state index in [9.17, 15) is 15.3 Å². The van der Waals surface area contributed by atoms with Crippen molar-refractivity contribution in [1.82, 2.24) is 0 Å². The molecule has 1 unspecified atom stereocenters. The van der Waals surface area contributed by atoms with E-state index in [2.05, 4.69) is 20.8 Å². The van der Waals surface area contributed by atoms with Crippen LogP contribution in [-0.2, 0) is 5.41 Å². The van der Waals surface area contributed by atoms with Gasteiger partial charge in [-0.05, 0) is 41.7 Å². The Morgan fingerprint density at radius 2 is 1.33 bits per heavy atom. The van der Waals surface area contributed by atoms with Crippen LogP contribution in [0.4, 0.5) is 0 Å². The van der Waals surface area contributed by atoms with Gasteiger partial charge in [0, 0.05) is 5.41 Å². The quantitative estimate of drug-likeness (QED) is 0.711. The number of aromatic hydroxyl groups is 1. The Kier molecular flexibility index (Phi) is 3.86. The van der Waals surface area contributed by atoms with E-state index >= 15 is 0 Å². The average Bonchev–Trinajstić information content (AvgIpc) is 2.45. The van der Waals surface area contributed by atoms with Crippen LogP contribution in [0.5, 0.6) is 5.75 Å². The molecule has 1 aliphatic carbocycles. The van der Waals surface area contributed by atoms with Gasteiger partial charge in [0.1, 0.15) is 5.75 Å². The van der Waals surface area contributed by atoms with Gasteiger partial charge < -0.3 is 15.3 Å². The molecule has 21 heavy (non-hydrogen) atoms. The molecule has 0 spiro atoms. The molecule has 2 rings (SSSR count). The van der Waals surface area contributed by atoms with Gasteiger partial charge >= 0.3 is 0 Å². The number of phenolic OH excluding ortho intramolecular Hbond substituents is 1. The maximum atomic E-state index is 9.85. The van der Waals surface area contributed by atoms with Gasteiger partial charge in [0.25, 0.3) is 0 Å². The number of hydrogen-bond donors (Lipinski definition) is 3. The lowest BCUT2D eigenvalue weighted by Gasteiger charge is -2.34.